The Morgan fingerprint density at radius 2 is 1.84 bits per heavy atom. The Labute approximate surface area is 129 Å². The molecule has 0 fully saturated rings. The molecule has 1 atom stereocenters. The van der Waals surface area contributed by atoms with Crippen LogP contribution in [0.2, 0.25) is 0 Å². The molecule has 0 aliphatic rings. The van der Waals surface area contributed by atoms with Crippen LogP contribution in [0.25, 0.3) is 0 Å². The smallest absolute Gasteiger partial charge is 0.251 e. The molecule has 2 aromatic rings. The van der Waals surface area contributed by atoms with Gasteiger partial charge < -0.3 is 5.32 Å². The molecule has 1 N–H and O–H groups in total. The molecule has 0 bridgehead atoms. The van der Waals surface area contributed by atoms with Gasteiger partial charge in [-0.25, -0.2) is 0 Å². The minimum atomic E-state index is -0.0679. The Hall–Kier alpha value is -1.13. The zero-order valence-electron chi connectivity index (χ0n) is 10.1. The quantitative estimate of drug-likeness (QED) is 0.784. The van der Waals surface area contributed by atoms with Crippen LogP contribution in [0, 0.1) is 0 Å². The Kier molecular flexibility index (Phi) is 5.16. The molecule has 98 valence electrons. The van der Waals surface area contributed by atoms with Gasteiger partial charge in [0.05, 0.1) is 4.83 Å². The molecule has 0 spiro atoms. The van der Waals surface area contributed by atoms with E-state index in [1.54, 1.807) is 12.1 Å². The van der Waals surface area contributed by atoms with Gasteiger partial charge in [0.2, 0.25) is 0 Å². The predicted octanol–water partition coefficient (Wildman–Crippen LogP) is 4.32. The van der Waals surface area contributed by atoms with Crippen LogP contribution in [0.5, 0.6) is 0 Å². The van der Waals surface area contributed by atoms with E-state index in [0.717, 1.165) is 10.0 Å². The summed E-state index contributed by atoms with van der Waals surface area (Å²) in [5, 5.41) is 2.92. The highest BCUT2D eigenvalue weighted by Gasteiger charge is 2.10. The Morgan fingerprint density at radius 3 is 2.53 bits per heavy atom. The molecule has 4 heteroatoms. The van der Waals surface area contributed by atoms with Crippen LogP contribution in [0.4, 0.5) is 0 Å². The van der Waals surface area contributed by atoms with Gasteiger partial charge in [0.1, 0.15) is 0 Å². The molecule has 0 aliphatic heterocycles. The van der Waals surface area contributed by atoms with Crippen molar-refractivity contribution in [3.05, 3.63) is 70.2 Å². The Balaban J connectivity index is 1.94. The van der Waals surface area contributed by atoms with Crippen LogP contribution in [-0.2, 0) is 0 Å². The van der Waals surface area contributed by atoms with Crippen LogP contribution >= 0.6 is 31.9 Å². The summed E-state index contributed by atoms with van der Waals surface area (Å²) >= 11 is 6.94. The highest BCUT2D eigenvalue weighted by Crippen LogP contribution is 2.21. The number of halogens is 2. The molecule has 2 rings (SSSR count). The molecule has 1 unspecified atom stereocenters. The molecule has 0 saturated carbocycles. The Morgan fingerprint density at radius 1 is 1.11 bits per heavy atom. The third-order valence-corrected chi connectivity index (χ3v) is 4.04. The van der Waals surface area contributed by atoms with E-state index in [4.69, 9.17) is 0 Å². The minimum absolute atomic E-state index is 0.0679. The lowest BCUT2D eigenvalue weighted by molar-refractivity contribution is 0.0954. The zero-order valence-corrected chi connectivity index (χ0v) is 13.3. The first-order valence-corrected chi connectivity index (χ1v) is 7.60. The maximum absolute atomic E-state index is 12.0. The second-order valence-corrected chi connectivity index (χ2v) is 6.12. The molecule has 0 saturated heterocycles. The van der Waals surface area contributed by atoms with Crippen molar-refractivity contribution in [2.45, 2.75) is 4.83 Å². The number of nitrogens with one attached hydrogen (secondary N) is 1. The fourth-order valence-electron chi connectivity index (χ4n) is 1.69. The number of hydrogen-bond donors (Lipinski definition) is 1. The lowest BCUT2D eigenvalue weighted by Crippen LogP contribution is -2.26. The monoisotopic (exact) mass is 381 g/mol. The molecule has 0 radical (unpaired) electrons. The summed E-state index contributed by atoms with van der Waals surface area (Å²) in [5.74, 6) is -0.0679. The van der Waals surface area contributed by atoms with E-state index in [0.29, 0.717) is 12.1 Å². The first-order valence-electron chi connectivity index (χ1n) is 5.89. The summed E-state index contributed by atoms with van der Waals surface area (Å²) in [6.45, 7) is 0.551. The maximum atomic E-state index is 12.0. The van der Waals surface area contributed by atoms with E-state index in [-0.39, 0.29) is 10.7 Å². The van der Waals surface area contributed by atoms with Gasteiger partial charge in [-0.2, -0.15) is 0 Å². The van der Waals surface area contributed by atoms with Crippen molar-refractivity contribution in [3.8, 4) is 0 Å². The summed E-state index contributed by atoms with van der Waals surface area (Å²) in [6.07, 6.45) is 0. The fraction of sp³-hybridized carbons (Fsp3) is 0.133. The van der Waals surface area contributed by atoms with Crippen molar-refractivity contribution in [1.29, 1.82) is 0 Å². The van der Waals surface area contributed by atoms with Crippen molar-refractivity contribution in [2.24, 2.45) is 0 Å². The molecule has 0 heterocycles. The number of carbonyl (C=O) groups excluding carboxylic acids is 1. The molecule has 0 aliphatic carbocycles. The van der Waals surface area contributed by atoms with Gasteiger partial charge in [0.25, 0.3) is 5.91 Å². The fourth-order valence-corrected chi connectivity index (χ4v) is 2.56. The lowest BCUT2D eigenvalue weighted by Gasteiger charge is -2.11. The number of rotatable bonds is 4. The molecule has 1 amide bonds. The number of alkyl halides is 1. The van der Waals surface area contributed by atoms with Crippen molar-refractivity contribution in [1.82, 2.24) is 5.32 Å². The summed E-state index contributed by atoms with van der Waals surface area (Å²) < 4.78 is 0.901. The highest BCUT2D eigenvalue weighted by atomic mass is 79.9. The minimum Gasteiger partial charge on any atom is -0.351 e. The van der Waals surface area contributed by atoms with Gasteiger partial charge in [0.15, 0.2) is 0 Å². The van der Waals surface area contributed by atoms with E-state index in [2.05, 4.69) is 37.2 Å². The second kappa shape index (κ2) is 6.87. The van der Waals surface area contributed by atoms with Crippen molar-refractivity contribution < 1.29 is 4.79 Å². The van der Waals surface area contributed by atoms with E-state index < -0.39 is 0 Å². The van der Waals surface area contributed by atoms with Crippen molar-refractivity contribution in [2.75, 3.05) is 6.54 Å². The normalized spacial score (nSPS) is 11.9. The second-order valence-electron chi connectivity index (χ2n) is 4.10. The van der Waals surface area contributed by atoms with Crippen LogP contribution in [0.1, 0.15) is 20.7 Å². The van der Waals surface area contributed by atoms with Crippen LogP contribution in [0.3, 0.4) is 0 Å². The summed E-state index contributed by atoms with van der Waals surface area (Å²) in [4.78, 5) is 12.1. The first-order chi connectivity index (χ1) is 9.16. The number of amides is 1. The van der Waals surface area contributed by atoms with E-state index >= 15 is 0 Å². The number of carbonyl (C=O) groups is 1. The first kappa shape index (κ1) is 14.3. The summed E-state index contributed by atoms with van der Waals surface area (Å²) in [7, 11) is 0. The van der Waals surface area contributed by atoms with Gasteiger partial charge in [-0.05, 0) is 23.8 Å². The zero-order chi connectivity index (χ0) is 13.7. The van der Waals surface area contributed by atoms with E-state index in [1.807, 2.05) is 42.5 Å². The average molecular weight is 383 g/mol. The van der Waals surface area contributed by atoms with E-state index in [9.17, 15) is 4.79 Å². The third kappa shape index (κ3) is 4.18. The van der Waals surface area contributed by atoms with Gasteiger partial charge in [-0.3, -0.25) is 4.79 Å². The van der Waals surface area contributed by atoms with Crippen molar-refractivity contribution in [3.63, 3.8) is 0 Å². The van der Waals surface area contributed by atoms with Gasteiger partial charge >= 0.3 is 0 Å². The topological polar surface area (TPSA) is 29.1 Å². The average Bonchev–Trinajstić information content (AvgIpc) is 2.45. The predicted molar refractivity (Wildman–Crippen MR) is 84.6 cm³/mol. The lowest BCUT2D eigenvalue weighted by atomic mass is 10.1. The summed E-state index contributed by atoms with van der Waals surface area (Å²) in [5.41, 5.74) is 1.80. The molecular formula is C15H13Br2NO. The SMILES string of the molecule is O=C(NCC(Br)c1ccccc1)c1cccc(Br)c1. The van der Waals surface area contributed by atoms with E-state index in [1.165, 1.54) is 0 Å². The highest BCUT2D eigenvalue weighted by molar-refractivity contribution is 9.10. The molecule has 0 aromatic heterocycles. The van der Waals surface area contributed by atoms with Gasteiger partial charge in [-0.1, -0.05) is 68.3 Å². The van der Waals surface area contributed by atoms with Crippen LogP contribution in [-0.4, -0.2) is 12.5 Å². The standard InChI is InChI=1S/C15H13Br2NO/c16-13-8-4-7-12(9-13)15(19)18-10-14(17)11-5-2-1-3-6-11/h1-9,14H,10H2,(H,18,19). The van der Waals surface area contributed by atoms with Gasteiger partial charge in [-0.15, -0.1) is 0 Å². The molecular weight excluding hydrogens is 370 g/mol. The van der Waals surface area contributed by atoms with Crippen LogP contribution in [0.15, 0.2) is 59.1 Å². The Bertz CT molecular complexity index is 557. The number of benzene rings is 2. The summed E-state index contributed by atoms with van der Waals surface area (Å²) in [6, 6.07) is 17.4. The number of hydrogen-bond acceptors (Lipinski definition) is 1. The van der Waals surface area contributed by atoms with Gasteiger partial charge in [0, 0.05) is 16.6 Å². The largest absolute Gasteiger partial charge is 0.351 e. The molecule has 2 nitrogen and oxygen atoms in total. The molecule has 19 heavy (non-hydrogen) atoms. The van der Waals surface area contributed by atoms with Crippen LogP contribution < -0.4 is 5.32 Å². The third-order valence-electron chi connectivity index (χ3n) is 2.69. The maximum Gasteiger partial charge on any atom is 0.251 e. The molecule has 2 aromatic carbocycles. The van der Waals surface area contributed by atoms with Crippen molar-refractivity contribution >= 4 is 37.8 Å².